The first-order chi connectivity index (χ1) is 11.8. The summed E-state index contributed by atoms with van der Waals surface area (Å²) in [7, 11) is -3.63. The summed E-state index contributed by atoms with van der Waals surface area (Å²) in [5, 5.41) is 17.1. The number of carboxylic acids is 1. The molecule has 4 N–H and O–H groups in total. The number of rotatable bonds is 6. The Morgan fingerprint density at radius 2 is 2.20 bits per heavy atom. The minimum Gasteiger partial charge on any atom is -0.480 e. The van der Waals surface area contributed by atoms with Crippen molar-refractivity contribution in [2.24, 2.45) is 5.14 Å². The van der Waals surface area contributed by atoms with Gasteiger partial charge in [0, 0.05) is 12.2 Å². The fourth-order valence-corrected chi connectivity index (χ4v) is 3.11. The smallest absolute Gasteiger partial charge is 0.326 e. The molecule has 0 bridgehead atoms. The summed E-state index contributed by atoms with van der Waals surface area (Å²) in [4.78, 5) is 24.9. The number of aromatic nitrogens is 3. The van der Waals surface area contributed by atoms with Crippen molar-refractivity contribution < 1.29 is 18.3 Å². The van der Waals surface area contributed by atoms with Gasteiger partial charge in [0.2, 0.25) is 21.9 Å². The molecule has 1 atom stereocenters. The van der Waals surface area contributed by atoms with Crippen LogP contribution in [0.15, 0.2) is 30.6 Å². The van der Waals surface area contributed by atoms with Crippen molar-refractivity contribution in [3.8, 4) is 0 Å². The zero-order valence-electron chi connectivity index (χ0n) is 13.0. The van der Waals surface area contributed by atoms with Gasteiger partial charge in [-0.15, -0.1) is 0 Å². The highest BCUT2D eigenvalue weighted by Crippen LogP contribution is 2.24. The summed E-state index contributed by atoms with van der Waals surface area (Å²) in [5.74, 6) is -0.693. The Morgan fingerprint density at radius 3 is 2.84 bits per heavy atom. The molecule has 25 heavy (non-hydrogen) atoms. The molecule has 1 saturated heterocycles. The lowest BCUT2D eigenvalue weighted by atomic mass is 10.0. The summed E-state index contributed by atoms with van der Waals surface area (Å²) >= 11 is 0. The van der Waals surface area contributed by atoms with Gasteiger partial charge in [-0.2, -0.15) is 4.98 Å². The molecule has 1 fully saturated rings. The molecule has 0 spiro atoms. The van der Waals surface area contributed by atoms with E-state index < -0.39 is 22.0 Å². The van der Waals surface area contributed by atoms with Crippen LogP contribution in [0, 0.1) is 0 Å². The average Bonchev–Trinajstić information content (AvgIpc) is 2.44. The molecule has 1 aromatic heterocycles. The molecule has 1 aliphatic rings. The molecule has 0 aliphatic carbocycles. The Labute approximate surface area is 143 Å². The number of anilines is 3. The highest BCUT2D eigenvalue weighted by Gasteiger charge is 2.36. The van der Waals surface area contributed by atoms with E-state index in [9.17, 15) is 13.2 Å². The van der Waals surface area contributed by atoms with E-state index in [2.05, 4.69) is 20.3 Å². The van der Waals surface area contributed by atoms with E-state index in [1.165, 1.54) is 6.33 Å². The number of nitrogens with two attached hydrogens (primary N) is 1. The number of carbonyl (C=O) groups is 1. The molecule has 3 rings (SSSR count). The van der Waals surface area contributed by atoms with Gasteiger partial charge >= 0.3 is 5.97 Å². The van der Waals surface area contributed by atoms with Gasteiger partial charge < -0.3 is 15.3 Å². The van der Waals surface area contributed by atoms with Gasteiger partial charge in [0.15, 0.2) is 0 Å². The molecule has 0 saturated carbocycles. The van der Waals surface area contributed by atoms with Crippen LogP contribution in [0.25, 0.3) is 0 Å². The summed E-state index contributed by atoms with van der Waals surface area (Å²) < 4.78 is 22.4. The van der Waals surface area contributed by atoms with Crippen LogP contribution in [-0.4, -0.2) is 47.0 Å². The van der Waals surface area contributed by atoms with Crippen molar-refractivity contribution in [1.29, 1.82) is 0 Å². The number of aliphatic carboxylic acids is 1. The number of sulfonamides is 1. The van der Waals surface area contributed by atoms with Crippen molar-refractivity contribution in [2.45, 2.75) is 18.2 Å². The first-order valence-corrected chi connectivity index (χ1v) is 9.08. The quantitative estimate of drug-likeness (QED) is 0.646. The predicted molar refractivity (Wildman–Crippen MR) is 89.7 cm³/mol. The van der Waals surface area contributed by atoms with Crippen molar-refractivity contribution in [1.82, 2.24) is 15.0 Å². The van der Waals surface area contributed by atoms with Crippen LogP contribution in [-0.2, 0) is 20.6 Å². The molecule has 1 aliphatic heterocycles. The second-order valence-electron chi connectivity index (χ2n) is 5.58. The number of hydrogen-bond donors (Lipinski definition) is 3. The first-order valence-electron chi connectivity index (χ1n) is 7.37. The second-order valence-corrected chi connectivity index (χ2v) is 7.19. The van der Waals surface area contributed by atoms with Crippen LogP contribution in [0.3, 0.4) is 0 Å². The van der Waals surface area contributed by atoms with Crippen LogP contribution >= 0.6 is 0 Å². The van der Waals surface area contributed by atoms with E-state index in [4.69, 9.17) is 10.2 Å². The predicted octanol–water partition coefficient (Wildman–Crippen LogP) is 0.0670. The molecule has 1 aromatic carbocycles. The lowest BCUT2D eigenvalue weighted by Crippen LogP contribution is -2.53. The van der Waals surface area contributed by atoms with Gasteiger partial charge in [-0.05, 0) is 24.1 Å². The van der Waals surface area contributed by atoms with Crippen LogP contribution in [0.1, 0.15) is 12.0 Å². The highest BCUT2D eigenvalue weighted by molar-refractivity contribution is 7.88. The molecule has 0 radical (unpaired) electrons. The minimum absolute atomic E-state index is 0.230. The molecule has 1 unspecified atom stereocenters. The number of primary sulfonamides is 1. The number of nitrogens with one attached hydrogen (secondary N) is 1. The van der Waals surface area contributed by atoms with Gasteiger partial charge in [0.25, 0.3) is 0 Å². The van der Waals surface area contributed by atoms with E-state index in [0.29, 0.717) is 24.2 Å². The summed E-state index contributed by atoms with van der Waals surface area (Å²) in [5.41, 5.74) is 1.10. The van der Waals surface area contributed by atoms with E-state index in [1.54, 1.807) is 29.2 Å². The van der Waals surface area contributed by atoms with Gasteiger partial charge in [-0.1, -0.05) is 12.1 Å². The van der Waals surface area contributed by atoms with E-state index in [0.717, 1.165) is 0 Å². The van der Waals surface area contributed by atoms with E-state index in [-0.39, 0.29) is 17.6 Å². The summed E-state index contributed by atoms with van der Waals surface area (Å²) in [6.45, 7) is 0.560. The lowest BCUT2D eigenvalue weighted by Gasteiger charge is -2.37. The van der Waals surface area contributed by atoms with Gasteiger partial charge in [0.1, 0.15) is 12.4 Å². The number of nitrogens with zero attached hydrogens (tertiary/aromatic N) is 4. The third-order valence-electron chi connectivity index (χ3n) is 3.67. The zero-order valence-corrected chi connectivity index (χ0v) is 13.8. The standard InChI is InChI=1S/C14H16N6O4S/c15-25(23,24)7-9-2-1-3-10(6-9)18-13-16-8-17-14(19-13)20-5-4-11(20)12(21)22/h1-3,6,8,11H,4-5,7H2,(H,21,22)(H2,15,23,24)(H,16,17,18,19). The maximum Gasteiger partial charge on any atom is 0.326 e. The fourth-order valence-electron chi connectivity index (χ4n) is 2.47. The molecule has 2 heterocycles. The SMILES string of the molecule is NS(=O)(=O)Cc1cccc(Nc2ncnc(N3CCC3C(=O)O)n2)c1. The molecule has 132 valence electrons. The molecular weight excluding hydrogens is 348 g/mol. The number of benzene rings is 1. The van der Waals surface area contributed by atoms with Crippen molar-refractivity contribution in [3.63, 3.8) is 0 Å². The van der Waals surface area contributed by atoms with Gasteiger partial charge in [-0.25, -0.2) is 28.3 Å². The average molecular weight is 364 g/mol. The number of hydrogen-bond acceptors (Lipinski definition) is 8. The van der Waals surface area contributed by atoms with Crippen molar-refractivity contribution in [3.05, 3.63) is 36.2 Å². The van der Waals surface area contributed by atoms with Crippen molar-refractivity contribution in [2.75, 3.05) is 16.8 Å². The van der Waals surface area contributed by atoms with Crippen LogP contribution in [0.5, 0.6) is 0 Å². The summed E-state index contributed by atoms with van der Waals surface area (Å²) in [6.07, 6.45) is 1.83. The molecule has 0 amide bonds. The second kappa shape index (κ2) is 6.61. The van der Waals surface area contributed by atoms with Gasteiger partial charge in [0.05, 0.1) is 5.75 Å². The van der Waals surface area contributed by atoms with E-state index >= 15 is 0 Å². The zero-order chi connectivity index (χ0) is 18.0. The molecule has 11 heteroatoms. The maximum atomic E-state index is 11.2. The Kier molecular flexibility index (Phi) is 4.51. The maximum absolute atomic E-state index is 11.2. The van der Waals surface area contributed by atoms with Crippen LogP contribution in [0.2, 0.25) is 0 Å². The lowest BCUT2D eigenvalue weighted by molar-refractivity contribution is -0.140. The van der Waals surface area contributed by atoms with Crippen LogP contribution < -0.4 is 15.4 Å². The molecule has 10 nitrogen and oxygen atoms in total. The van der Waals surface area contributed by atoms with Crippen LogP contribution in [0.4, 0.5) is 17.6 Å². The topological polar surface area (TPSA) is 151 Å². The van der Waals surface area contributed by atoms with E-state index in [1.807, 2.05) is 0 Å². The van der Waals surface area contributed by atoms with Crippen molar-refractivity contribution >= 4 is 33.6 Å². The highest BCUT2D eigenvalue weighted by atomic mass is 32.2. The largest absolute Gasteiger partial charge is 0.480 e. The Hall–Kier alpha value is -2.79. The third kappa shape index (κ3) is 4.19. The summed E-state index contributed by atoms with van der Waals surface area (Å²) in [6, 6.07) is 6.04. The first kappa shape index (κ1) is 17.0. The molecule has 2 aromatic rings. The third-order valence-corrected chi connectivity index (χ3v) is 4.41. The number of carboxylic acid groups (broad SMARTS) is 1. The van der Waals surface area contributed by atoms with Gasteiger partial charge in [-0.3, -0.25) is 0 Å². The Bertz CT molecular complexity index is 904. The Morgan fingerprint density at radius 1 is 1.40 bits per heavy atom. The minimum atomic E-state index is -3.63. The monoisotopic (exact) mass is 364 g/mol. The fraction of sp³-hybridized carbons (Fsp3) is 0.286. The normalized spacial score (nSPS) is 17.0. The Balaban J connectivity index is 1.77. The molecular formula is C14H16N6O4S.